The molecule has 2 heterocycles. The summed E-state index contributed by atoms with van der Waals surface area (Å²) in [6.45, 7) is 1.96. The Kier molecular flexibility index (Phi) is 4.78. The van der Waals surface area contributed by atoms with E-state index in [1.54, 1.807) is 54.6 Å². The molecule has 7 heteroatoms. The zero-order chi connectivity index (χ0) is 22.2. The summed E-state index contributed by atoms with van der Waals surface area (Å²) >= 11 is 0. The molecule has 160 valence electrons. The number of anilines is 1. The molecule has 3 aromatic carbocycles. The van der Waals surface area contributed by atoms with Gasteiger partial charge in [0, 0.05) is 0 Å². The molecule has 0 atom stereocenters. The molecular formula is C25H19NO6. The van der Waals surface area contributed by atoms with Crippen molar-refractivity contribution in [3.63, 3.8) is 0 Å². The fraction of sp³-hybridized carbons (Fsp3) is 0.120. The van der Waals surface area contributed by atoms with E-state index in [4.69, 9.17) is 18.6 Å². The van der Waals surface area contributed by atoms with Gasteiger partial charge >= 0.3 is 0 Å². The number of rotatable bonds is 4. The Morgan fingerprint density at radius 1 is 1.00 bits per heavy atom. The van der Waals surface area contributed by atoms with E-state index in [0.29, 0.717) is 39.3 Å². The fourth-order valence-corrected chi connectivity index (χ4v) is 3.76. The Morgan fingerprint density at radius 3 is 2.66 bits per heavy atom. The van der Waals surface area contributed by atoms with Crippen molar-refractivity contribution in [3.8, 4) is 28.4 Å². The lowest BCUT2D eigenvalue weighted by molar-refractivity contribution is 0.102. The van der Waals surface area contributed by atoms with Crippen LogP contribution in [-0.2, 0) is 0 Å². The second kappa shape index (κ2) is 7.77. The summed E-state index contributed by atoms with van der Waals surface area (Å²) in [4.78, 5) is 26.6. The monoisotopic (exact) mass is 429 g/mol. The zero-order valence-electron chi connectivity index (χ0n) is 17.4. The van der Waals surface area contributed by atoms with Crippen molar-refractivity contribution >= 4 is 22.8 Å². The molecule has 0 saturated heterocycles. The third kappa shape index (κ3) is 3.24. The number of carbonyl (C=O) groups excluding carboxylic acids is 1. The maximum atomic E-state index is 13.5. The molecule has 0 bridgehead atoms. The van der Waals surface area contributed by atoms with Crippen molar-refractivity contribution < 1.29 is 23.4 Å². The first kappa shape index (κ1) is 19.7. The van der Waals surface area contributed by atoms with Crippen LogP contribution in [-0.4, -0.2) is 19.8 Å². The smallest absolute Gasteiger partial charge is 0.261 e. The van der Waals surface area contributed by atoms with Gasteiger partial charge in [-0.25, -0.2) is 0 Å². The van der Waals surface area contributed by atoms with Crippen molar-refractivity contribution in [1.29, 1.82) is 0 Å². The number of amides is 1. The molecule has 7 nitrogen and oxygen atoms in total. The van der Waals surface area contributed by atoms with Crippen LogP contribution < -0.4 is 25.0 Å². The predicted octanol–water partition coefficient (Wildman–Crippen LogP) is 4.76. The van der Waals surface area contributed by atoms with Crippen LogP contribution in [0.25, 0.3) is 22.1 Å². The van der Waals surface area contributed by atoms with Crippen molar-refractivity contribution in [2.45, 2.75) is 6.92 Å². The minimum Gasteiger partial charge on any atom is -0.496 e. The van der Waals surface area contributed by atoms with Gasteiger partial charge in [-0.15, -0.1) is 0 Å². The van der Waals surface area contributed by atoms with Gasteiger partial charge in [0.2, 0.25) is 18.1 Å². The normalized spacial score (nSPS) is 12.1. The minimum atomic E-state index is -0.458. The highest BCUT2D eigenvalue weighted by molar-refractivity contribution is 6.07. The third-order valence-corrected chi connectivity index (χ3v) is 5.35. The summed E-state index contributed by atoms with van der Waals surface area (Å²) in [5.74, 6) is 1.11. The molecule has 1 amide bonds. The van der Waals surface area contributed by atoms with Gasteiger partial charge in [-0.1, -0.05) is 30.3 Å². The van der Waals surface area contributed by atoms with Gasteiger partial charge in [-0.3, -0.25) is 14.9 Å². The second-order valence-corrected chi connectivity index (χ2v) is 7.31. The zero-order valence-corrected chi connectivity index (χ0v) is 17.4. The molecule has 1 aliphatic heterocycles. The predicted molar refractivity (Wildman–Crippen MR) is 120 cm³/mol. The Morgan fingerprint density at radius 2 is 1.81 bits per heavy atom. The molecule has 0 aliphatic carbocycles. The van der Waals surface area contributed by atoms with Gasteiger partial charge in [-0.2, -0.15) is 0 Å². The van der Waals surface area contributed by atoms with Crippen LogP contribution in [0.3, 0.4) is 0 Å². The largest absolute Gasteiger partial charge is 0.496 e. The van der Waals surface area contributed by atoms with Crippen LogP contribution in [0.2, 0.25) is 0 Å². The number of aryl methyl sites for hydroxylation is 1. The summed E-state index contributed by atoms with van der Waals surface area (Å²) in [5, 5.41) is 3.19. The number of methoxy groups -OCH3 is 1. The molecule has 1 aromatic heterocycles. The molecule has 0 radical (unpaired) electrons. The maximum absolute atomic E-state index is 13.5. The number of para-hydroxylation sites is 2. The summed E-state index contributed by atoms with van der Waals surface area (Å²) in [6, 6.07) is 17.3. The Bertz CT molecular complexity index is 1420. The van der Waals surface area contributed by atoms with E-state index in [2.05, 4.69) is 5.32 Å². The SMILES string of the molecule is COc1ccccc1C(=O)Nc1oc2c(C)cccc2c(=O)c1-c1ccc2c(c1)OCO2. The average Bonchev–Trinajstić information content (AvgIpc) is 3.28. The van der Waals surface area contributed by atoms with Crippen molar-refractivity contribution in [1.82, 2.24) is 0 Å². The lowest BCUT2D eigenvalue weighted by Crippen LogP contribution is -2.17. The maximum Gasteiger partial charge on any atom is 0.261 e. The molecule has 0 fully saturated rings. The molecule has 0 saturated carbocycles. The average molecular weight is 429 g/mol. The molecule has 1 N–H and O–H groups in total. The van der Waals surface area contributed by atoms with E-state index >= 15 is 0 Å². The highest BCUT2D eigenvalue weighted by Gasteiger charge is 2.23. The van der Waals surface area contributed by atoms with Gasteiger partial charge in [0.1, 0.15) is 11.3 Å². The lowest BCUT2D eigenvalue weighted by Gasteiger charge is -2.14. The molecular weight excluding hydrogens is 410 g/mol. The number of ether oxygens (including phenoxy) is 3. The summed E-state index contributed by atoms with van der Waals surface area (Å²) < 4.78 is 22.2. The van der Waals surface area contributed by atoms with Crippen molar-refractivity contribution in [2.24, 2.45) is 0 Å². The van der Waals surface area contributed by atoms with E-state index in [0.717, 1.165) is 5.56 Å². The first-order chi connectivity index (χ1) is 15.6. The van der Waals surface area contributed by atoms with Crippen LogP contribution in [0.1, 0.15) is 15.9 Å². The third-order valence-electron chi connectivity index (χ3n) is 5.35. The summed E-state index contributed by atoms with van der Waals surface area (Å²) in [5.41, 5.74) is 2.02. The van der Waals surface area contributed by atoms with E-state index in [-0.39, 0.29) is 23.7 Å². The Hall–Kier alpha value is -4.26. The number of hydrogen-bond acceptors (Lipinski definition) is 6. The summed E-state index contributed by atoms with van der Waals surface area (Å²) in [6.07, 6.45) is 0. The van der Waals surface area contributed by atoms with Gasteiger partial charge in [0.15, 0.2) is 11.5 Å². The quantitative estimate of drug-likeness (QED) is 0.503. The highest BCUT2D eigenvalue weighted by atomic mass is 16.7. The minimum absolute atomic E-state index is 0.0478. The van der Waals surface area contributed by atoms with Crippen LogP contribution in [0.5, 0.6) is 17.2 Å². The number of nitrogens with one attached hydrogen (secondary N) is 1. The van der Waals surface area contributed by atoms with Crippen LogP contribution in [0, 0.1) is 6.92 Å². The van der Waals surface area contributed by atoms with Gasteiger partial charge < -0.3 is 18.6 Å². The van der Waals surface area contributed by atoms with Crippen LogP contribution >= 0.6 is 0 Å². The van der Waals surface area contributed by atoms with Crippen molar-refractivity contribution in [3.05, 3.63) is 82.0 Å². The summed E-state index contributed by atoms with van der Waals surface area (Å²) in [7, 11) is 1.49. The molecule has 32 heavy (non-hydrogen) atoms. The van der Waals surface area contributed by atoms with Gasteiger partial charge in [0.05, 0.1) is 23.6 Å². The standard InChI is InChI=1S/C25H19NO6/c1-14-6-5-8-17-22(27)21(15-10-11-19-20(12-15)31-13-30-19)25(32-23(14)17)26-24(28)16-7-3-4-9-18(16)29-2/h3-12H,13H2,1-2H3,(H,26,28). The van der Waals surface area contributed by atoms with Gasteiger partial charge in [0.25, 0.3) is 5.91 Å². The van der Waals surface area contributed by atoms with Crippen LogP contribution in [0.15, 0.2) is 69.9 Å². The van der Waals surface area contributed by atoms with Crippen LogP contribution in [0.4, 0.5) is 5.88 Å². The Balaban J connectivity index is 1.70. The first-order valence-corrected chi connectivity index (χ1v) is 9.97. The van der Waals surface area contributed by atoms with E-state index in [1.165, 1.54) is 7.11 Å². The van der Waals surface area contributed by atoms with Gasteiger partial charge in [-0.05, 0) is 48.4 Å². The number of benzene rings is 3. The molecule has 0 unspecified atom stereocenters. The first-order valence-electron chi connectivity index (χ1n) is 9.97. The highest BCUT2D eigenvalue weighted by Crippen LogP contribution is 2.38. The molecule has 1 aliphatic rings. The van der Waals surface area contributed by atoms with E-state index in [9.17, 15) is 9.59 Å². The van der Waals surface area contributed by atoms with Crippen molar-refractivity contribution in [2.75, 3.05) is 19.2 Å². The number of hydrogen-bond donors (Lipinski definition) is 1. The van der Waals surface area contributed by atoms with E-state index in [1.807, 2.05) is 13.0 Å². The Labute approximate surface area is 183 Å². The van der Waals surface area contributed by atoms with E-state index < -0.39 is 5.91 Å². The number of carbonyl (C=O) groups is 1. The topological polar surface area (TPSA) is 87.0 Å². The molecule has 4 aromatic rings. The second-order valence-electron chi connectivity index (χ2n) is 7.31. The fourth-order valence-electron chi connectivity index (χ4n) is 3.76. The number of fused-ring (bicyclic) bond motifs is 2. The lowest BCUT2D eigenvalue weighted by atomic mass is 10.0. The molecule has 5 rings (SSSR count). The molecule has 0 spiro atoms.